The van der Waals surface area contributed by atoms with Crippen molar-refractivity contribution in [3.8, 4) is 5.75 Å². The molecule has 0 bridgehead atoms. The molecule has 0 amide bonds. The summed E-state index contributed by atoms with van der Waals surface area (Å²) in [4.78, 5) is -0.198. The van der Waals surface area contributed by atoms with Gasteiger partial charge in [-0.25, -0.2) is 8.42 Å². The van der Waals surface area contributed by atoms with Crippen LogP contribution in [-0.2, 0) is 9.05 Å². The lowest BCUT2D eigenvalue weighted by atomic mass is 9.90. The predicted octanol–water partition coefficient (Wildman–Crippen LogP) is 4.88. The Morgan fingerprint density at radius 3 is 2.35 bits per heavy atom. The van der Waals surface area contributed by atoms with E-state index in [1.807, 2.05) is 0 Å². The molecular formula is C13H15Cl3O3S. The molecular weight excluding hydrogens is 343 g/mol. The van der Waals surface area contributed by atoms with Gasteiger partial charge in [-0.1, -0.05) is 42.5 Å². The summed E-state index contributed by atoms with van der Waals surface area (Å²) >= 11 is 11.9. The molecule has 1 fully saturated rings. The average Bonchev–Trinajstić information content (AvgIpc) is 2.39. The third-order valence-electron chi connectivity index (χ3n) is 3.45. The van der Waals surface area contributed by atoms with Crippen molar-refractivity contribution in [2.45, 2.75) is 37.0 Å². The summed E-state index contributed by atoms with van der Waals surface area (Å²) in [6, 6.07) is 2.63. The third kappa shape index (κ3) is 4.17. The highest BCUT2D eigenvalue weighted by atomic mass is 35.7. The van der Waals surface area contributed by atoms with Crippen LogP contribution in [0.5, 0.6) is 5.75 Å². The molecule has 20 heavy (non-hydrogen) atoms. The van der Waals surface area contributed by atoms with Crippen molar-refractivity contribution in [3.63, 3.8) is 0 Å². The van der Waals surface area contributed by atoms with Gasteiger partial charge in [-0.15, -0.1) is 0 Å². The molecule has 7 heteroatoms. The fourth-order valence-corrected chi connectivity index (χ4v) is 4.16. The van der Waals surface area contributed by atoms with E-state index in [2.05, 4.69) is 0 Å². The Hall–Kier alpha value is -0.160. The molecule has 1 saturated carbocycles. The molecule has 2 rings (SSSR count). The predicted molar refractivity (Wildman–Crippen MR) is 81.6 cm³/mol. The van der Waals surface area contributed by atoms with Gasteiger partial charge in [0.05, 0.1) is 16.7 Å². The van der Waals surface area contributed by atoms with Gasteiger partial charge in [0.2, 0.25) is 0 Å². The molecule has 112 valence electrons. The zero-order valence-electron chi connectivity index (χ0n) is 10.7. The van der Waals surface area contributed by atoms with E-state index in [1.54, 1.807) is 0 Å². The Morgan fingerprint density at radius 2 is 1.75 bits per heavy atom. The maximum atomic E-state index is 11.3. The van der Waals surface area contributed by atoms with Gasteiger partial charge in [-0.05, 0) is 24.8 Å². The van der Waals surface area contributed by atoms with E-state index < -0.39 is 9.05 Å². The Balaban J connectivity index is 2.11. The Morgan fingerprint density at radius 1 is 1.10 bits per heavy atom. The van der Waals surface area contributed by atoms with Gasteiger partial charge < -0.3 is 4.74 Å². The first-order valence-corrected chi connectivity index (χ1v) is 9.51. The Labute approximate surface area is 133 Å². The zero-order chi connectivity index (χ0) is 14.8. The van der Waals surface area contributed by atoms with Crippen LogP contribution in [0.4, 0.5) is 0 Å². The summed E-state index contributed by atoms with van der Waals surface area (Å²) in [6.07, 6.45) is 6.04. The van der Waals surface area contributed by atoms with Gasteiger partial charge in [0.15, 0.2) is 0 Å². The first kappa shape index (κ1) is 16.2. The lowest BCUT2D eigenvalue weighted by Gasteiger charge is -2.22. The maximum Gasteiger partial charge on any atom is 0.262 e. The quantitative estimate of drug-likeness (QED) is 0.721. The Kier molecular flexibility index (Phi) is 5.46. The second-order valence-electron chi connectivity index (χ2n) is 4.97. The van der Waals surface area contributed by atoms with Gasteiger partial charge in [0.25, 0.3) is 9.05 Å². The Bertz CT molecular complexity index is 581. The van der Waals surface area contributed by atoms with Crippen LogP contribution in [0.2, 0.25) is 10.0 Å². The van der Waals surface area contributed by atoms with Crippen LogP contribution in [0.15, 0.2) is 17.0 Å². The summed E-state index contributed by atoms with van der Waals surface area (Å²) in [5.74, 6) is 0.918. The molecule has 1 aliphatic carbocycles. The number of hydrogen-bond donors (Lipinski definition) is 0. The first-order chi connectivity index (χ1) is 9.38. The molecule has 0 radical (unpaired) electrons. The number of ether oxygens (including phenoxy) is 1. The fraction of sp³-hybridized carbons (Fsp3) is 0.538. The lowest BCUT2D eigenvalue weighted by Crippen LogP contribution is -2.15. The van der Waals surface area contributed by atoms with Crippen molar-refractivity contribution in [1.29, 1.82) is 0 Å². The van der Waals surface area contributed by atoms with E-state index in [0.717, 1.165) is 12.8 Å². The van der Waals surface area contributed by atoms with Crippen molar-refractivity contribution in [1.82, 2.24) is 0 Å². The van der Waals surface area contributed by atoms with E-state index in [-0.39, 0.29) is 14.9 Å². The topological polar surface area (TPSA) is 43.4 Å². The van der Waals surface area contributed by atoms with Crippen molar-refractivity contribution in [3.05, 3.63) is 22.2 Å². The van der Waals surface area contributed by atoms with E-state index in [9.17, 15) is 8.42 Å². The molecule has 1 aromatic rings. The standard InChI is InChI=1S/C13H15Cl3O3S/c14-10-7-13(20(16,17)18)11(15)6-12(10)19-8-9-4-2-1-3-5-9/h6-7,9H,1-5,8H2. The highest BCUT2D eigenvalue weighted by molar-refractivity contribution is 8.13. The van der Waals surface area contributed by atoms with E-state index >= 15 is 0 Å². The summed E-state index contributed by atoms with van der Waals surface area (Å²) in [5, 5.41) is 0.215. The average molecular weight is 358 g/mol. The number of hydrogen-bond acceptors (Lipinski definition) is 3. The zero-order valence-corrected chi connectivity index (χ0v) is 13.8. The minimum absolute atomic E-state index is 0.0167. The molecule has 0 heterocycles. The van der Waals surface area contributed by atoms with Crippen LogP contribution < -0.4 is 4.74 Å². The van der Waals surface area contributed by atoms with Crippen molar-refractivity contribution in [2.75, 3.05) is 6.61 Å². The molecule has 0 saturated heterocycles. The molecule has 1 aromatic carbocycles. The first-order valence-electron chi connectivity index (χ1n) is 6.44. The van der Waals surface area contributed by atoms with Gasteiger partial charge >= 0.3 is 0 Å². The van der Waals surface area contributed by atoms with Crippen LogP contribution in [0, 0.1) is 5.92 Å². The van der Waals surface area contributed by atoms with Crippen LogP contribution in [-0.4, -0.2) is 15.0 Å². The highest BCUT2D eigenvalue weighted by Gasteiger charge is 2.19. The SMILES string of the molecule is O=S(=O)(Cl)c1cc(Cl)c(OCC2CCCCC2)cc1Cl. The van der Waals surface area contributed by atoms with Gasteiger partial charge in [0.1, 0.15) is 10.6 Å². The van der Waals surface area contributed by atoms with Crippen LogP contribution in [0.3, 0.4) is 0 Å². The monoisotopic (exact) mass is 356 g/mol. The number of halogens is 3. The molecule has 0 atom stereocenters. The van der Waals surface area contributed by atoms with Crippen LogP contribution >= 0.6 is 33.9 Å². The second kappa shape index (κ2) is 6.73. The largest absolute Gasteiger partial charge is 0.492 e. The molecule has 0 aliphatic heterocycles. The summed E-state index contributed by atoms with van der Waals surface area (Å²) in [6.45, 7) is 0.572. The van der Waals surface area contributed by atoms with Gasteiger partial charge in [0, 0.05) is 16.7 Å². The summed E-state index contributed by atoms with van der Waals surface area (Å²) in [7, 11) is 1.37. The normalized spacial score (nSPS) is 17.1. The van der Waals surface area contributed by atoms with E-state index in [0.29, 0.717) is 18.3 Å². The lowest BCUT2D eigenvalue weighted by molar-refractivity contribution is 0.209. The summed E-state index contributed by atoms with van der Waals surface area (Å²) in [5.41, 5.74) is 0. The molecule has 0 unspecified atom stereocenters. The maximum absolute atomic E-state index is 11.3. The number of rotatable bonds is 4. The van der Waals surface area contributed by atoms with Crippen LogP contribution in [0.1, 0.15) is 32.1 Å². The molecule has 1 aliphatic rings. The van der Waals surface area contributed by atoms with Crippen molar-refractivity contribution in [2.24, 2.45) is 5.92 Å². The van der Waals surface area contributed by atoms with E-state index in [1.165, 1.54) is 31.4 Å². The van der Waals surface area contributed by atoms with Gasteiger partial charge in [-0.2, -0.15) is 0 Å². The molecule has 0 spiro atoms. The third-order valence-corrected chi connectivity index (χ3v) is 5.53. The smallest absolute Gasteiger partial charge is 0.262 e. The fourth-order valence-electron chi connectivity index (χ4n) is 2.37. The second-order valence-corrected chi connectivity index (χ2v) is 8.31. The van der Waals surface area contributed by atoms with Crippen molar-refractivity contribution >= 4 is 42.9 Å². The van der Waals surface area contributed by atoms with Gasteiger partial charge in [-0.3, -0.25) is 0 Å². The summed E-state index contributed by atoms with van der Waals surface area (Å²) < 4.78 is 28.3. The minimum Gasteiger partial charge on any atom is -0.492 e. The highest BCUT2D eigenvalue weighted by Crippen LogP contribution is 2.35. The molecule has 0 aromatic heterocycles. The van der Waals surface area contributed by atoms with Crippen LogP contribution in [0.25, 0.3) is 0 Å². The molecule has 3 nitrogen and oxygen atoms in total. The minimum atomic E-state index is -3.91. The van der Waals surface area contributed by atoms with E-state index in [4.69, 9.17) is 38.6 Å². The number of benzene rings is 1. The van der Waals surface area contributed by atoms with Crippen molar-refractivity contribution < 1.29 is 13.2 Å². The molecule has 0 N–H and O–H groups in total.